The average Bonchev–Trinajstić information content (AvgIpc) is 3.05. The van der Waals surface area contributed by atoms with Crippen molar-refractivity contribution in [3.8, 4) is 40.2 Å². The molecule has 0 bridgehead atoms. The van der Waals surface area contributed by atoms with Gasteiger partial charge in [-0.25, -0.2) is 0 Å². The van der Waals surface area contributed by atoms with Crippen LogP contribution in [0.1, 0.15) is 45.5 Å². The van der Waals surface area contributed by atoms with Crippen LogP contribution in [0.15, 0.2) is 66.7 Å². The van der Waals surface area contributed by atoms with E-state index in [4.69, 9.17) is 18.9 Å². The van der Waals surface area contributed by atoms with E-state index < -0.39 is 0 Å². The lowest BCUT2D eigenvalue weighted by Crippen LogP contribution is -2.33. The number of phenolic OH excluding ortho intramolecular Hbond substituents is 2. The number of methoxy groups -OCH3 is 3. The van der Waals surface area contributed by atoms with Crippen molar-refractivity contribution in [3.63, 3.8) is 0 Å². The Hall–Kier alpha value is -4.40. The van der Waals surface area contributed by atoms with Crippen LogP contribution in [0.25, 0.3) is 0 Å². The van der Waals surface area contributed by atoms with Gasteiger partial charge in [0.1, 0.15) is 5.75 Å². The molecule has 0 fully saturated rings. The molecule has 2 heterocycles. The molecule has 0 radical (unpaired) electrons. The van der Waals surface area contributed by atoms with Crippen LogP contribution in [-0.4, -0.2) is 68.5 Å². The van der Waals surface area contributed by atoms with Gasteiger partial charge in [-0.05, 0) is 122 Å². The molecule has 8 nitrogen and oxygen atoms in total. The highest BCUT2D eigenvalue weighted by molar-refractivity contribution is 5.51. The molecule has 0 aromatic heterocycles. The van der Waals surface area contributed by atoms with Crippen molar-refractivity contribution in [1.82, 2.24) is 9.80 Å². The Morgan fingerprint density at radius 2 is 1.13 bits per heavy atom. The smallest absolute Gasteiger partial charge is 0.169 e. The molecule has 0 aliphatic carbocycles. The third kappa shape index (κ3) is 6.26. The van der Waals surface area contributed by atoms with Crippen LogP contribution in [0.4, 0.5) is 0 Å². The summed E-state index contributed by atoms with van der Waals surface area (Å²) in [5.74, 6) is 3.33. The molecule has 2 atom stereocenters. The van der Waals surface area contributed by atoms with Gasteiger partial charge in [0.2, 0.25) is 0 Å². The minimum Gasteiger partial charge on any atom is -0.504 e. The van der Waals surface area contributed by atoms with E-state index in [1.54, 1.807) is 27.4 Å². The minimum absolute atomic E-state index is 0.0753. The summed E-state index contributed by atoms with van der Waals surface area (Å²) in [4.78, 5) is 4.69. The first kappa shape index (κ1) is 30.6. The maximum absolute atomic E-state index is 10.7. The summed E-state index contributed by atoms with van der Waals surface area (Å²) in [6.45, 7) is 1.88. The van der Waals surface area contributed by atoms with Crippen molar-refractivity contribution in [3.05, 3.63) is 100 Å². The van der Waals surface area contributed by atoms with Gasteiger partial charge >= 0.3 is 0 Å². The number of fused-ring (bicyclic) bond motifs is 2. The van der Waals surface area contributed by atoms with Crippen molar-refractivity contribution in [2.75, 3.05) is 48.5 Å². The van der Waals surface area contributed by atoms with Crippen molar-refractivity contribution in [2.24, 2.45) is 0 Å². The molecule has 2 aliphatic rings. The second-order valence-corrected chi connectivity index (χ2v) is 12.1. The van der Waals surface area contributed by atoms with Gasteiger partial charge in [-0.15, -0.1) is 0 Å². The lowest BCUT2D eigenvalue weighted by atomic mass is 9.88. The van der Waals surface area contributed by atoms with E-state index in [1.807, 2.05) is 36.4 Å². The summed E-state index contributed by atoms with van der Waals surface area (Å²) in [6, 6.07) is 21.9. The van der Waals surface area contributed by atoms with Crippen LogP contribution in [0.5, 0.6) is 40.2 Å². The Morgan fingerprint density at radius 3 is 1.76 bits per heavy atom. The molecule has 236 valence electrons. The van der Waals surface area contributed by atoms with E-state index in [9.17, 15) is 10.2 Å². The zero-order valence-corrected chi connectivity index (χ0v) is 26.7. The number of likely N-dealkylation sites (N-methyl/N-ethyl adjacent to an activating group) is 2. The molecule has 2 aliphatic heterocycles. The third-order valence-corrected chi connectivity index (χ3v) is 9.37. The normalized spacial score (nSPS) is 18.2. The number of nitrogens with zero attached hydrogens (tertiary/aromatic N) is 2. The van der Waals surface area contributed by atoms with E-state index in [0.29, 0.717) is 23.7 Å². The first-order chi connectivity index (χ1) is 21.8. The van der Waals surface area contributed by atoms with E-state index in [0.717, 1.165) is 55.0 Å². The Morgan fingerprint density at radius 1 is 0.600 bits per heavy atom. The molecular formula is C37H42N2O6. The van der Waals surface area contributed by atoms with Crippen LogP contribution in [0.3, 0.4) is 0 Å². The summed E-state index contributed by atoms with van der Waals surface area (Å²) >= 11 is 0. The number of hydrogen-bond acceptors (Lipinski definition) is 8. The van der Waals surface area contributed by atoms with Crippen molar-refractivity contribution >= 4 is 0 Å². The standard InChI is InChI=1S/C37H42N2O6/c1-38-15-13-26-20-36(43-4)37(44-5)22-29(26)30(38)16-23-6-9-27(10-7-23)45-35-18-24(8-11-32(35)40)17-31-28-21-33(41)34(42-3)19-25(28)12-14-39(31)2/h6-11,18-22,30-31,40-41H,12-17H2,1-5H3/t30-,31+/m1/s1. The fourth-order valence-electron chi connectivity index (χ4n) is 6.73. The molecule has 0 saturated heterocycles. The third-order valence-electron chi connectivity index (χ3n) is 9.37. The highest BCUT2D eigenvalue weighted by atomic mass is 16.5. The predicted molar refractivity (Wildman–Crippen MR) is 174 cm³/mol. The van der Waals surface area contributed by atoms with E-state index in [-0.39, 0.29) is 23.6 Å². The summed E-state index contributed by atoms with van der Waals surface area (Å²) in [6.07, 6.45) is 3.42. The molecule has 6 rings (SSSR count). The van der Waals surface area contributed by atoms with Gasteiger partial charge in [0.25, 0.3) is 0 Å². The second kappa shape index (κ2) is 12.9. The number of aromatic hydroxyl groups is 2. The van der Waals surface area contributed by atoms with Gasteiger partial charge in [-0.1, -0.05) is 18.2 Å². The fourth-order valence-corrected chi connectivity index (χ4v) is 6.73. The molecule has 45 heavy (non-hydrogen) atoms. The van der Waals surface area contributed by atoms with Gasteiger partial charge in [0, 0.05) is 25.2 Å². The molecule has 0 amide bonds. The number of ether oxygens (including phenoxy) is 4. The number of hydrogen-bond donors (Lipinski definition) is 2. The maximum atomic E-state index is 10.7. The molecular weight excluding hydrogens is 568 g/mol. The molecule has 0 saturated carbocycles. The zero-order valence-electron chi connectivity index (χ0n) is 26.7. The van der Waals surface area contributed by atoms with E-state index in [1.165, 1.54) is 22.3 Å². The van der Waals surface area contributed by atoms with Gasteiger partial charge in [0.05, 0.1) is 21.3 Å². The molecule has 2 N–H and O–H groups in total. The van der Waals surface area contributed by atoms with Crippen LogP contribution in [-0.2, 0) is 25.7 Å². The van der Waals surface area contributed by atoms with Gasteiger partial charge < -0.3 is 29.2 Å². The summed E-state index contributed by atoms with van der Waals surface area (Å²) in [5, 5.41) is 21.2. The van der Waals surface area contributed by atoms with Gasteiger partial charge in [0.15, 0.2) is 34.5 Å². The van der Waals surface area contributed by atoms with Crippen molar-refractivity contribution in [2.45, 2.75) is 37.8 Å². The Labute approximate surface area is 265 Å². The van der Waals surface area contributed by atoms with Crippen molar-refractivity contribution < 1.29 is 29.2 Å². The van der Waals surface area contributed by atoms with Crippen LogP contribution < -0.4 is 18.9 Å². The predicted octanol–water partition coefficient (Wildman–Crippen LogP) is 6.46. The number of benzene rings is 4. The lowest BCUT2D eigenvalue weighted by molar-refractivity contribution is 0.228. The minimum atomic E-state index is 0.0753. The van der Waals surface area contributed by atoms with Crippen LogP contribution >= 0.6 is 0 Å². The molecule has 4 aromatic rings. The molecule has 4 aromatic carbocycles. The van der Waals surface area contributed by atoms with Crippen molar-refractivity contribution in [1.29, 1.82) is 0 Å². The molecule has 0 spiro atoms. The van der Waals surface area contributed by atoms with E-state index in [2.05, 4.69) is 48.2 Å². The largest absolute Gasteiger partial charge is 0.504 e. The first-order valence-corrected chi connectivity index (χ1v) is 15.4. The molecule has 0 unspecified atom stereocenters. The summed E-state index contributed by atoms with van der Waals surface area (Å²) < 4.78 is 22.7. The first-order valence-electron chi connectivity index (χ1n) is 15.4. The SMILES string of the molecule is COc1cc2c(cc1O)[C@H](Cc1ccc(O)c(Oc3ccc(C[C@@H]4c5cc(OC)c(OC)cc5CCN4C)cc3)c1)N(C)CC2. The maximum Gasteiger partial charge on any atom is 0.169 e. The topological polar surface area (TPSA) is 83.9 Å². The Balaban J connectivity index is 1.18. The average molecular weight is 611 g/mol. The monoisotopic (exact) mass is 610 g/mol. The van der Waals surface area contributed by atoms with Gasteiger partial charge in [-0.2, -0.15) is 0 Å². The van der Waals surface area contributed by atoms with Crippen LogP contribution in [0, 0.1) is 0 Å². The molecule has 8 heteroatoms. The zero-order chi connectivity index (χ0) is 31.7. The summed E-state index contributed by atoms with van der Waals surface area (Å²) in [5.41, 5.74) is 7.07. The number of phenols is 2. The fraction of sp³-hybridized carbons (Fsp3) is 0.351. The van der Waals surface area contributed by atoms with Crippen LogP contribution in [0.2, 0.25) is 0 Å². The highest BCUT2D eigenvalue weighted by Crippen LogP contribution is 2.41. The Bertz CT molecular complexity index is 1670. The lowest BCUT2D eigenvalue weighted by Gasteiger charge is -2.35. The second-order valence-electron chi connectivity index (χ2n) is 12.1. The quantitative estimate of drug-likeness (QED) is 0.224. The number of rotatable bonds is 9. The summed E-state index contributed by atoms with van der Waals surface area (Å²) in [7, 11) is 9.19. The Kier molecular flexibility index (Phi) is 8.79. The highest BCUT2D eigenvalue weighted by Gasteiger charge is 2.28. The van der Waals surface area contributed by atoms with Gasteiger partial charge in [-0.3, -0.25) is 9.80 Å². The van der Waals surface area contributed by atoms with E-state index >= 15 is 0 Å².